The molecule has 1 aromatic carbocycles. The third-order valence-corrected chi connectivity index (χ3v) is 3.88. The van der Waals surface area contributed by atoms with Crippen LogP contribution in [0.5, 0.6) is 0 Å². The van der Waals surface area contributed by atoms with Gasteiger partial charge in [-0.1, -0.05) is 6.07 Å². The van der Waals surface area contributed by atoms with Crippen molar-refractivity contribution in [1.29, 1.82) is 0 Å². The molecule has 2 rings (SSSR count). The molecule has 7 heteroatoms. The molecule has 2 amide bonds. The lowest BCUT2D eigenvalue weighted by molar-refractivity contribution is -0.117. The van der Waals surface area contributed by atoms with Crippen LogP contribution in [0.1, 0.15) is 19.4 Å². The average Bonchev–Trinajstić information content (AvgIpc) is 2.57. The second kappa shape index (κ2) is 7.74. The van der Waals surface area contributed by atoms with Crippen molar-refractivity contribution < 1.29 is 14.7 Å². The molecule has 128 valence electrons. The molecule has 0 bridgehead atoms. The Kier molecular flexibility index (Phi) is 5.70. The smallest absolute Gasteiger partial charge is 0.224 e. The Morgan fingerprint density at radius 1 is 1.46 bits per heavy atom. The second-order valence-corrected chi connectivity index (χ2v) is 5.58. The summed E-state index contributed by atoms with van der Waals surface area (Å²) in [5.41, 5.74) is 8.47. The van der Waals surface area contributed by atoms with Crippen LogP contribution in [0.4, 0.5) is 11.4 Å². The molecule has 24 heavy (non-hydrogen) atoms. The topological polar surface area (TPSA) is 99.2 Å². The number of hydrogen-bond acceptors (Lipinski definition) is 5. The van der Waals surface area contributed by atoms with E-state index in [9.17, 15) is 9.59 Å². The summed E-state index contributed by atoms with van der Waals surface area (Å²) in [4.78, 5) is 30.7. The molecule has 1 atom stereocenters. The number of anilines is 2. The number of allylic oxidation sites excluding steroid dienone is 1. The highest BCUT2D eigenvalue weighted by Crippen LogP contribution is 2.36. The number of aliphatic hydroxyl groups is 1. The summed E-state index contributed by atoms with van der Waals surface area (Å²) >= 11 is 0. The second-order valence-electron chi connectivity index (χ2n) is 5.58. The fraction of sp³-hybridized carbons (Fsp3) is 0.353. The maximum atomic E-state index is 12.0. The number of fused-ring (bicyclic) bond motifs is 1. The summed E-state index contributed by atoms with van der Waals surface area (Å²) in [6.45, 7) is 4.10. The number of aliphatic hydroxyl groups excluding tert-OH is 1. The van der Waals surface area contributed by atoms with Crippen molar-refractivity contribution in [2.45, 2.75) is 19.9 Å². The third-order valence-electron chi connectivity index (χ3n) is 3.88. The van der Waals surface area contributed by atoms with Gasteiger partial charge in [0.15, 0.2) is 0 Å². The molecule has 1 aliphatic rings. The molecule has 1 aromatic rings. The zero-order valence-corrected chi connectivity index (χ0v) is 13.8. The average molecular weight is 330 g/mol. The molecule has 3 N–H and O–H groups in total. The lowest BCUT2D eigenvalue weighted by Crippen LogP contribution is -2.49. The van der Waals surface area contributed by atoms with E-state index >= 15 is 0 Å². The first-order chi connectivity index (χ1) is 11.5. The standard InChI is InChI=1S/C17H22N4O3/c1-12-10-20(11-23)17-7-14(15(8-18)9-19-5-6-22)3-4-16(17)21(12)13(2)24/h3-4,7-9,11-12,22H,5-6,10,18H2,1-2H3. The van der Waals surface area contributed by atoms with Gasteiger partial charge in [0.1, 0.15) is 0 Å². The van der Waals surface area contributed by atoms with Crippen LogP contribution < -0.4 is 15.5 Å². The Bertz CT molecular complexity index is 684. The lowest BCUT2D eigenvalue weighted by Gasteiger charge is -2.39. The van der Waals surface area contributed by atoms with E-state index in [4.69, 9.17) is 10.8 Å². The molecule has 1 heterocycles. The van der Waals surface area contributed by atoms with Gasteiger partial charge in [0.05, 0.1) is 30.6 Å². The van der Waals surface area contributed by atoms with Gasteiger partial charge >= 0.3 is 0 Å². The maximum Gasteiger partial charge on any atom is 0.224 e. The van der Waals surface area contributed by atoms with Gasteiger partial charge in [0.2, 0.25) is 12.3 Å². The minimum Gasteiger partial charge on any atom is -0.404 e. The van der Waals surface area contributed by atoms with Crippen LogP contribution in [0.3, 0.4) is 0 Å². The predicted molar refractivity (Wildman–Crippen MR) is 95.1 cm³/mol. The maximum absolute atomic E-state index is 12.0. The summed E-state index contributed by atoms with van der Waals surface area (Å²) in [5, 5.41) is 8.81. The summed E-state index contributed by atoms with van der Waals surface area (Å²) in [6.07, 6.45) is 3.77. The molecule has 0 aliphatic carbocycles. The van der Waals surface area contributed by atoms with Crippen LogP contribution in [0.2, 0.25) is 0 Å². The van der Waals surface area contributed by atoms with Gasteiger partial charge in [-0.15, -0.1) is 0 Å². The van der Waals surface area contributed by atoms with Crippen molar-refractivity contribution in [2.75, 3.05) is 29.5 Å². The largest absolute Gasteiger partial charge is 0.404 e. The number of hydrogen-bond donors (Lipinski definition) is 2. The number of aliphatic imine (C=N–C) groups is 1. The number of amides is 2. The van der Waals surface area contributed by atoms with E-state index in [1.54, 1.807) is 16.0 Å². The van der Waals surface area contributed by atoms with Crippen LogP contribution in [0.25, 0.3) is 5.57 Å². The number of nitrogens with zero attached hydrogens (tertiary/aromatic N) is 3. The molecular weight excluding hydrogens is 308 g/mol. The first-order valence-electron chi connectivity index (χ1n) is 7.72. The van der Waals surface area contributed by atoms with Crippen LogP contribution in [0.15, 0.2) is 29.4 Å². The Hall–Kier alpha value is -2.67. The molecule has 0 aromatic heterocycles. The van der Waals surface area contributed by atoms with E-state index in [-0.39, 0.29) is 18.6 Å². The normalized spacial score (nSPS) is 18.0. The molecule has 1 aliphatic heterocycles. The van der Waals surface area contributed by atoms with Gasteiger partial charge in [-0.3, -0.25) is 14.6 Å². The van der Waals surface area contributed by atoms with Gasteiger partial charge < -0.3 is 20.6 Å². The summed E-state index contributed by atoms with van der Waals surface area (Å²) in [6, 6.07) is 5.36. The van der Waals surface area contributed by atoms with Gasteiger partial charge in [0, 0.05) is 31.5 Å². The number of carbonyl (C=O) groups excluding carboxylic acids is 2. The quantitative estimate of drug-likeness (QED) is 0.615. The zero-order valence-electron chi connectivity index (χ0n) is 13.8. The first-order valence-corrected chi connectivity index (χ1v) is 7.72. The van der Waals surface area contributed by atoms with Crippen molar-refractivity contribution in [3.8, 4) is 0 Å². The number of carbonyl (C=O) groups is 2. The molecular formula is C17H22N4O3. The van der Waals surface area contributed by atoms with Gasteiger partial charge in [-0.05, 0) is 24.6 Å². The minimum atomic E-state index is -0.0957. The molecule has 0 saturated carbocycles. The first kappa shape index (κ1) is 17.7. The van der Waals surface area contributed by atoms with Crippen molar-refractivity contribution in [3.63, 3.8) is 0 Å². The van der Waals surface area contributed by atoms with Crippen LogP contribution in [0, 0.1) is 0 Å². The fourth-order valence-electron chi connectivity index (χ4n) is 2.85. The Morgan fingerprint density at radius 2 is 2.21 bits per heavy atom. The van der Waals surface area contributed by atoms with Crippen molar-refractivity contribution in [3.05, 3.63) is 30.0 Å². The Morgan fingerprint density at radius 3 is 2.79 bits per heavy atom. The van der Waals surface area contributed by atoms with Crippen molar-refractivity contribution >= 4 is 35.5 Å². The summed E-state index contributed by atoms with van der Waals surface area (Å²) in [5.74, 6) is -0.0684. The number of rotatable bonds is 5. The molecule has 0 saturated heterocycles. The Balaban J connectivity index is 2.47. The molecule has 7 nitrogen and oxygen atoms in total. The monoisotopic (exact) mass is 330 g/mol. The van der Waals surface area contributed by atoms with E-state index < -0.39 is 0 Å². The van der Waals surface area contributed by atoms with Gasteiger partial charge in [-0.25, -0.2) is 0 Å². The zero-order chi connectivity index (χ0) is 17.7. The number of benzene rings is 1. The van der Waals surface area contributed by atoms with E-state index in [0.717, 1.165) is 12.0 Å². The van der Waals surface area contributed by atoms with Crippen molar-refractivity contribution in [1.82, 2.24) is 0 Å². The highest BCUT2D eigenvalue weighted by atomic mass is 16.3. The molecule has 0 radical (unpaired) electrons. The lowest BCUT2D eigenvalue weighted by atomic mass is 10.0. The van der Waals surface area contributed by atoms with E-state index in [0.29, 0.717) is 30.0 Å². The SMILES string of the molecule is CC(=O)N1c2ccc(C(C=NCCO)=CN)cc2N(C=O)CC1C. The van der Waals surface area contributed by atoms with E-state index in [1.807, 2.05) is 25.1 Å². The molecule has 0 spiro atoms. The Labute approximate surface area is 141 Å². The highest BCUT2D eigenvalue weighted by molar-refractivity contribution is 6.11. The minimum absolute atomic E-state index is 0.0388. The van der Waals surface area contributed by atoms with Crippen LogP contribution in [-0.2, 0) is 9.59 Å². The van der Waals surface area contributed by atoms with Crippen LogP contribution >= 0.6 is 0 Å². The summed E-state index contributed by atoms with van der Waals surface area (Å²) < 4.78 is 0. The number of nitrogens with two attached hydrogens (primary N) is 1. The highest BCUT2D eigenvalue weighted by Gasteiger charge is 2.30. The fourth-order valence-corrected chi connectivity index (χ4v) is 2.85. The van der Waals surface area contributed by atoms with Crippen molar-refractivity contribution in [2.24, 2.45) is 10.7 Å². The van der Waals surface area contributed by atoms with Gasteiger partial charge in [-0.2, -0.15) is 0 Å². The predicted octanol–water partition coefficient (Wildman–Crippen LogP) is 0.767. The third kappa shape index (κ3) is 3.46. The van der Waals surface area contributed by atoms with E-state index in [1.165, 1.54) is 13.1 Å². The molecule has 0 fully saturated rings. The summed E-state index contributed by atoms with van der Waals surface area (Å²) in [7, 11) is 0. The molecule has 1 unspecified atom stereocenters. The van der Waals surface area contributed by atoms with E-state index in [2.05, 4.69) is 4.99 Å². The van der Waals surface area contributed by atoms with Gasteiger partial charge in [0.25, 0.3) is 0 Å². The van der Waals surface area contributed by atoms with Crippen LogP contribution in [-0.4, -0.2) is 49.4 Å².